The molecule has 1 heterocycles. The molecule has 0 saturated carbocycles. The molecule has 0 radical (unpaired) electrons. The van der Waals surface area contributed by atoms with Crippen molar-refractivity contribution in [3.05, 3.63) is 47.8 Å². The van der Waals surface area contributed by atoms with Crippen LogP contribution in [0.3, 0.4) is 0 Å². The lowest BCUT2D eigenvalue weighted by atomic mass is 10.0. The average Bonchev–Trinajstić information content (AvgIpc) is 2.68. The number of rotatable bonds is 3. The Labute approximate surface area is 85.2 Å². The minimum absolute atomic E-state index is 1.11. The van der Waals surface area contributed by atoms with Gasteiger partial charge in [-0.2, -0.15) is 0 Å². The molecule has 0 spiro atoms. The van der Waals surface area contributed by atoms with Crippen molar-refractivity contribution in [3.63, 3.8) is 0 Å². The number of nitrogens with zero attached hydrogens (tertiary/aromatic N) is 1. The van der Waals surface area contributed by atoms with Crippen LogP contribution in [-0.4, -0.2) is 4.98 Å². The topological polar surface area (TPSA) is 12.9 Å². The standard InChI is InChI=1S/C13H15N/c1-2-6-11-7-5-8-12(11)13-9-3-4-10-14-13/h3-5,8-10H,2,6-7H2,1H3. The Balaban J connectivity index is 2.32. The highest BCUT2D eigenvalue weighted by Crippen LogP contribution is 2.29. The Morgan fingerprint density at radius 2 is 2.29 bits per heavy atom. The Morgan fingerprint density at radius 3 is 3.00 bits per heavy atom. The summed E-state index contributed by atoms with van der Waals surface area (Å²) < 4.78 is 0. The third-order valence-corrected chi connectivity index (χ3v) is 2.52. The van der Waals surface area contributed by atoms with Crippen molar-refractivity contribution in [2.24, 2.45) is 0 Å². The molecule has 0 bridgehead atoms. The summed E-state index contributed by atoms with van der Waals surface area (Å²) in [4.78, 5) is 4.38. The first-order valence-electron chi connectivity index (χ1n) is 5.21. The van der Waals surface area contributed by atoms with Gasteiger partial charge in [0, 0.05) is 6.20 Å². The highest BCUT2D eigenvalue weighted by molar-refractivity contribution is 5.77. The quantitative estimate of drug-likeness (QED) is 0.701. The molecular weight excluding hydrogens is 170 g/mol. The van der Waals surface area contributed by atoms with Crippen molar-refractivity contribution < 1.29 is 0 Å². The van der Waals surface area contributed by atoms with Gasteiger partial charge in [0.1, 0.15) is 0 Å². The fourth-order valence-electron chi connectivity index (χ4n) is 1.87. The molecule has 1 aliphatic carbocycles. The molecule has 0 N–H and O–H groups in total. The Bertz CT molecular complexity index is 360. The van der Waals surface area contributed by atoms with Crippen LogP contribution in [0, 0.1) is 0 Å². The van der Waals surface area contributed by atoms with Crippen LogP contribution < -0.4 is 0 Å². The molecule has 1 aromatic heterocycles. The maximum absolute atomic E-state index is 4.38. The molecule has 0 aromatic carbocycles. The summed E-state index contributed by atoms with van der Waals surface area (Å²) in [7, 11) is 0. The predicted molar refractivity (Wildman–Crippen MR) is 59.8 cm³/mol. The summed E-state index contributed by atoms with van der Waals surface area (Å²) in [5.74, 6) is 0. The molecular formula is C13H15N. The molecule has 2 rings (SSSR count). The van der Waals surface area contributed by atoms with Crippen molar-refractivity contribution in [1.29, 1.82) is 0 Å². The lowest BCUT2D eigenvalue weighted by Gasteiger charge is -2.04. The van der Waals surface area contributed by atoms with Gasteiger partial charge in [0.15, 0.2) is 0 Å². The zero-order valence-electron chi connectivity index (χ0n) is 8.53. The van der Waals surface area contributed by atoms with E-state index in [1.165, 1.54) is 24.0 Å². The van der Waals surface area contributed by atoms with Crippen molar-refractivity contribution in [3.8, 4) is 0 Å². The first-order valence-corrected chi connectivity index (χ1v) is 5.21. The van der Waals surface area contributed by atoms with E-state index in [-0.39, 0.29) is 0 Å². The normalized spacial score (nSPS) is 15.2. The maximum Gasteiger partial charge on any atom is 0.0701 e. The van der Waals surface area contributed by atoms with E-state index in [4.69, 9.17) is 0 Å². The fourth-order valence-corrected chi connectivity index (χ4v) is 1.87. The Morgan fingerprint density at radius 1 is 1.36 bits per heavy atom. The fraction of sp³-hybridized carbons (Fsp3) is 0.308. The molecule has 0 aliphatic heterocycles. The van der Waals surface area contributed by atoms with Crippen LogP contribution in [0.1, 0.15) is 31.9 Å². The third-order valence-electron chi connectivity index (χ3n) is 2.52. The Kier molecular flexibility index (Phi) is 2.78. The first kappa shape index (κ1) is 9.20. The highest BCUT2D eigenvalue weighted by Gasteiger charge is 2.10. The van der Waals surface area contributed by atoms with Crippen LogP contribution in [0.25, 0.3) is 5.57 Å². The molecule has 1 aromatic rings. The van der Waals surface area contributed by atoms with Gasteiger partial charge in [-0.3, -0.25) is 4.98 Å². The van der Waals surface area contributed by atoms with Crippen molar-refractivity contribution in [2.75, 3.05) is 0 Å². The zero-order chi connectivity index (χ0) is 9.80. The summed E-state index contributed by atoms with van der Waals surface area (Å²) in [5.41, 5.74) is 3.99. The number of pyridine rings is 1. The molecule has 1 aliphatic rings. The van der Waals surface area contributed by atoms with Gasteiger partial charge < -0.3 is 0 Å². The molecule has 0 saturated heterocycles. The molecule has 1 heteroatoms. The van der Waals surface area contributed by atoms with E-state index in [1.807, 2.05) is 18.3 Å². The SMILES string of the molecule is CCCC1=C(c2ccccn2)C=CC1. The van der Waals surface area contributed by atoms with Crippen LogP contribution in [0.2, 0.25) is 0 Å². The minimum Gasteiger partial charge on any atom is -0.256 e. The molecule has 0 unspecified atom stereocenters. The van der Waals surface area contributed by atoms with E-state index >= 15 is 0 Å². The van der Waals surface area contributed by atoms with Crippen LogP contribution in [0.15, 0.2) is 42.1 Å². The zero-order valence-corrected chi connectivity index (χ0v) is 8.53. The lowest BCUT2D eigenvalue weighted by molar-refractivity contribution is 0.889. The van der Waals surface area contributed by atoms with Gasteiger partial charge in [-0.05, 0) is 30.5 Å². The summed E-state index contributed by atoms with van der Waals surface area (Å²) in [6, 6.07) is 6.09. The molecule has 0 atom stereocenters. The predicted octanol–water partition coefficient (Wildman–Crippen LogP) is 3.60. The number of hydrogen-bond acceptors (Lipinski definition) is 1. The van der Waals surface area contributed by atoms with Gasteiger partial charge in [-0.1, -0.05) is 37.1 Å². The van der Waals surface area contributed by atoms with E-state index in [2.05, 4.69) is 30.1 Å². The van der Waals surface area contributed by atoms with Crippen molar-refractivity contribution >= 4 is 5.57 Å². The lowest BCUT2D eigenvalue weighted by Crippen LogP contribution is -1.88. The number of allylic oxidation sites excluding steroid dienone is 4. The number of aromatic nitrogens is 1. The van der Waals surface area contributed by atoms with E-state index in [9.17, 15) is 0 Å². The number of hydrogen-bond donors (Lipinski definition) is 0. The first-order chi connectivity index (χ1) is 6.92. The second-order valence-corrected chi connectivity index (χ2v) is 3.59. The largest absolute Gasteiger partial charge is 0.256 e. The van der Waals surface area contributed by atoms with Gasteiger partial charge in [0.05, 0.1) is 5.69 Å². The van der Waals surface area contributed by atoms with Gasteiger partial charge in [0.2, 0.25) is 0 Å². The smallest absolute Gasteiger partial charge is 0.0701 e. The van der Waals surface area contributed by atoms with Gasteiger partial charge in [-0.15, -0.1) is 0 Å². The van der Waals surface area contributed by atoms with Gasteiger partial charge in [-0.25, -0.2) is 0 Å². The highest BCUT2D eigenvalue weighted by atomic mass is 14.7. The molecule has 0 amide bonds. The van der Waals surface area contributed by atoms with E-state index in [0.29, 0.717) is 0 Å². The van der Waals surface area contributed by atoms with E-state index in [1.54, 1.807) is 0 Å². The Hall–Kier alpha value is -1.37. The van der Waals surface area contributed by atoms with Crippen LogP contribution in [0.4, 0.5) is 0 Å². The van der Waals surface area contributed by atoms with Crippen LogP contribution in [0.5, 0.6) is 0 Å². The third kappa shape index (κ3) is 1.77. The molecule has 14 heavy (non-hydrogen) atoms. The second-order valence-electron chi connectivity index (χ2n) is 3.59. The molecule has 0 fully saturated rings. The second kappa shape index (κ2) is 4.23. The van der Waals surface area contributed by atoms with Crippen LogP contribution in [-0.2, 0) is 0 Å². The summed E-state index contributed by atoms with van der Waals surface area (Å²) in [6.07, 6.45) is 9.81. The average molecular weight is 185 g/mol. The maximum atomic E-state index is 4.38. The summed E-state index contributed by atoms with van der Waals surface area (Å²) >= 11 is 0. The van der Waals surface area contributed by atoms with Gasteiger partial charge >= 0.3 is 0 Å². The van der Waals surface area contributed by atoms with E-state index in [0.717, 1.165) is 12.1 Å². The van der Waals surface area contributed by atoms with Crippen molar-refractivity contribution in [2.45, 2.75) is 26.2 Å². The molecule has 1 nitrogen and oxygen atoms in total. The van der Waals surface area contributed by atoms with Gasteiger partial charge in [0.25, 0.3) is 0 Å². The van der Waals surface area contributed by atoms with Crippen molar-refractivity contribution in [1.82, 2.24) is 4.98 Å². The summed E-state index contributed by atoms with van der Waals surface area (Å²) in [5, 5.41) is 0. The summed E-state index contributed by atoms with van der Waals surface area (Å²) in [6.45, 7) is 2.22. The van der Waals surface area contributed by atoms with Crippen LogP contribution >= 0.6 is 0 Å². The van der Waals surface area contributed by atoms with E-state index < -0.39 is 0 Å². The monoisotopic (exact) mass is 185 g/mol. The minimum atomic E-state index is 1.11. The molecule has 72 valence electrons.